The highest BCUT2D eigenvalue weighted by molar-refractivity contribution is 7.90. The van der Waals surface area contributed by atoms with Crippen LogP contribution in [0.25, 0.3) is 11.2 Å². The van der Waals surface area contributed by atoms with E-state index in [1.54, 1.807) is 13.8 Å². The number of rotatable bonds is 11. The number of sulfone groups is 1. The molecule has 45 heavy (non-hydrogen) atoms. The molecule has 1 fully saturated rings. The first-order chi connectivity index (χ1) is 21.0. The summed E-state index contributed by atoms with van der Waals surface area (Å²) in [6, 6.07) is 5.66. The summed E-state index contributed by atoms with van der Waals surface area (Å²) >= 11 is 0. The molecule has 19 heteroatoms. The monoisotopic (exact) mass is 669 g/mol. The molecule has 0 unspecified atom stereocenters. The Morgan fingerprint density at radius 1 is 0.978 bits per heavy atom. The zero-order valence-electron chi connectivity index (χ0n) is 25.0. The molecule has 0 spiro atoms. The van der Waals surface area contributed by atoms with E-state index in [9.17, 15) is 31.2 Å². The third-order valence-electron chi connectivity index (χ3n) is 6.22. The number of esters is 2. The first kappa shape index (κ1) is 33.7. The van der Waals surface area contributed by atoms with Crippen molar-refractivity contribution >= 4 is 54.9 Å². The number of nitrogens with zero attached hydrogens (tertiary/aromatic N) is 4. The van der Waals surface area contributed by atoms with E-state index < -0.39 is 74.1 Å². The number of fused-ring (bicyclic) bond motifs is 1. The first-order valence-corrected chi connectivity index (χ1v) is 16.7. The molecule has 0 bridgehead atoms. The number of carbonyl (C=O) groups excluding carboxylic acids is 3. The SMILES string of the molecule is CCOc1nc(NC(C)=O)nc2c1nc(S(C)(=O)=O)n2[C@@H]1O[C@H](COC(C)=O)[C@@H](OC(C)=O)[C@H]1OS(=O)(=O)c1ccc(C)cc1. The van der Waals surface area contributed by atoms with E-state index in [1.807, 2.05) is 0 Å². The van der Waals surface area contributed by atoms with Crippen LogP contribution in [0.1, 0.15) is 39.5 Å². The molecule has 0 saturated carbocycles. The van der Waals surface area contributed by atoms with Crippen LogP contribution in [0, 0.1) is 6.92 Å². The van der Waals surface area contributed by atoms with E-state index >= 15 is 0 Å². The molecular weight excluding hydrogens is 638 g/mol. The van der Waals surface area contributed by atoms with Crippen molar-refractivity contribution in [2.45, 2.75) is 69.2 Å². The standard InChI is InChI=1S/C26H31N5O12S2/c1-7-39-23-19-22(29-25(30-23)27-14(3)32)31(26(28-19)44(6,35)36)24-21(43-45(37,38)17-10-8-13(2)9-11-17)20(41-16(5)34)18(42-24)12-40-15(4)33/h8-11,18,20-21,24H,7,12H2,1-6H3,(H,27,29,30,32)/t18-,20-,21-,24-/m1/s1. The Hall–Kier alpha value is -4.20. The van der Waals surface area contributed by atoms with Crippen LogP contribution in [-0.2, 0) is 52.7 Å². The molecule has 17 nitrogen and oxygen atoms in total. The van der Waals surface area contributed by atoms with E-state index in [1.165, 1.54) is 31.2 Å². The Kier molecular flexibility index (Phi) is 9.76. The van der Waals surface area contributed by atoms with Crippen molar-refractivity contribution in [2.75, 3.05) is 24.8 Å². The Morgan fingerprint density at radius 2 is 1.64 bits per heavy atom. The average Bonchev–Trinajstić information content (AvgIpc) is 3.45. The quantitative estimate of drug-likeness (QED) is 0.223. The minimum absolute atomic E-state index is 0.0616. The highest BCUT2D eigenvalue weighted by atomic mass is 32.2. The number of imidazole rings is 1. The smallest absolute Gasteiger partial charge is 0.303 e. The second kappa shape index (κ2) is 13.0. The topological polar surface area (TPSA) is 221 Å². The van der Waals surface area contributed by atoms with Crippen LogP contribution in [0.15, 0.2) is 34.3 Å². The molecule has 1 aromatic carbocycles. The fourth-order valence-corrected chi connectivity index (χ4v) is 6.35. The van der Waals surface area contributed by atoms with E-state index in [4.69, 9.17) is 23.1 Å². The number of aromatic nitrogens is 4. The van der Waals surface area contributed by atoms with Crippen LogP contribution in [0.5, 0.6) is 5.88 Å². The average molecular weight is 670 g/mol. The van der Waals surface area contributed by atoms with Crippen LogP contribution < -0.4 is 10.1 Å². The molecule has 2 aromatic heterocycles. The summed E-state index contributed by atoms with van der Waals surface area (Å²) in [5.41, 5.74) is 0.318. The predicted octanol–water partition coefficient (Wildman–Crippen LogP) is 1.06. The number of aryl methyl sites for hydroxylation is 1. The van der Waals surface area contributed by atoms with Crippen molar-refractivity contribution in [3.63, 3.8) is 0 Å². The van der Waals surface area contributed by atoms with Gasteiger partial charge >= 0.3 is 11.9 Å². The number of hydrogen-bond acceptors (Lipinski definition) is 15. The van der Waals surface area contributed by atoms with Crippen molar-refractivity contribution in [3.05, 3.63) is 29.8 Å². The van der Waals surface area contributed by atoms with Gasteiger partial charge in [-0.2, -0.15) is 18.4 Å². The molecule has 1 N–H and O–H groups in total. The lowest BCUT2D eigenvalue weighted by molar-refractivity contribution is -0.157. The van der Waals surface area contributed by atoms with Crippen LogP contribution in [0.3, 0.4) is 0 Å². The number of anilines is 1. The van der Waals surface area contributed by atoms with Gasteiger partial charge in [0.2, 0.25) is 32.7 Å². The molecule has 0 radical (unpaired) electrons. The van der Waals surface area contributed by atoms with Crippen molar-refractivity contribution in [1.82, 2.24) is 19.5 Å². The lowest BCUT2D eigenvalue weighted by Gasteiger charge is -2.24. The zero-order chi connectivity index (χ0) is 33.3. The summed E-state index contributed by atoms with van der Waals surface area (Å²) in [7, 11) is -8.87. The second-order valence-corrected chi connectivity index (χ2v) is 13.4. The lowest BCUT2D eigenvalue weighted by Crippen LogP contribution is -2.41. The van der Waals surface area contributed by atoms with Gasteiger partial charge in [0, 0.05) is 27.0 Å². The maximum Gasteiger partial charge on any atom is 0.303 e. The van der Waals surface area contributed by atoms with Gasteiger partial charge < -0.3 is 18.9 Å². The van der Waals surface area contributed by atoms with E-state index in [0.29, 0.717) is 0 Å². The van der Waals surface area contributed by atoms with Gasteiger partial charge in [-0.1, -0.05) is 17.7 Å². The molecule has 4 atom stereocenters. The normalized spacial score (nSPS) is 20.1. The molecule has 244 valence electrons. The van der Waals surface area contributed by atoms with Crippen molar-refractivity contribution in [2.24, 2.45) is 0 Å². The van der Waals surface area contributed by atoms with E-state index in [2.05, 4.69) is 20.3 Å². The maximum absolute atomic E-state index is 13.5. The second-order valence-electron chi connectivity index (χ2n) is 9.95. The first-order valence-electron chi connectivity index (χ1n) is 13.4. The summed E-state index contributed by atoms with van der Waals surface area (Å²) in [6.07, 6.45) is -5.59. The zero-order valence-corrected chi connectivity index (χ0v) is 26.7. The number of benzene rings is 1. The van der Waals surface area contributed by atoms with Gasteiger partial charge in [0.05, 0.1) is 11.5 Å². The summed E-state index contributed by atoms with van der Waals surface area (Å²) < 4.78 is 82.0. The minimum atomic E-state index is -4.63. The fraction of sp³-hybridized carbons (Fsp3) is 0.462. The largest absolute Gasteiger partial charge is 0.476 e. The van der Waals surface area contributed by atoms with Gasteiger partial charge in [-0.25, -0.2) is 13.4 Å². The van der Waals surface area contributed by atoms with Crippen LogP contribution in [0.4, 0.5) is 5.95 Å². The summed E-state index contributed by atoms with van der Waals surface area (Å²) in [5, 5.41) is 1.71. The van der Waals surface area contributed by atoms with Gasteiger partial charge in [0.1, 0.15) is 12.7 Å². The van der Waals surface area contributed by atoms with Gasteiger partial charge in [-0.05, 0) is 26.0 Å². The molecular formula is C26H31N5O12S2. The molecule has 0 aliphatic carbocycles. The van der Waals surface area contributed by atoms with Gasteiger partial charge in [0.25, 0.3) is 10.1 Å². The highest BCUT2D eigenvalue weighted by Crippen LogP contribution is 2.40. The van der Waals surface area contributed by atoms with Crippen LogP contribution in [-0.4, -0.2) is 92.0 Å². The Morgan fingerprint density at radius 3 is 2.20 bits per heavy atom. The minimum Gasteiger partial charge on any atom is -0.476 e. The van der Waals surface area contributed by atoms with E-state index in [0.717, 1.165) is 30.2 Å². The predicted molar refractivity (Wildman–Crippen MR) is 153 cm³/mol. The summed E-state index contributed by atoms with van der Waals surface area (Å²) in [5.74, 6) is -2.66. The Balaban J connectivity index is 2.00. The van der Waals surface area contributed by atoms with Crippen molar-refractivity contribution < 1.29 is 54.3 Å². The van der Waals surface area contributed by atoms with Crippen LogP contribution >= 0.6 is 0 Å². The lowest BCUT2D eigenvalue weighted by atomic mass is 10.1. The molecule has 4 rings (SSSR count). The number of ether oxygens (including phenoxy) is 4. The number of hydrogen-bond donors (Lipinski definition) is 1. The molecule has 3 heterocycles. The molecule has 1 saturated heterocycles. The van der Waals surface area contributed by atoms with Crippen molar-refractivity contribution in [1.29, 1.82) is 0 Å². The number of carbonyl (C=O) groups is 3. The Bertz CT molecular complexity index is 1840. The number of amides is 1. The highest BCUT2D eigenvalue weighted by Gasteiger charge is 2.53. The summed E-state index contributed by atoms with van der Waals surface area (Å²) in [4.78, 5) is 48.0. The van der Waals surface area contributed by atoms with Crippen LogP contribution in [0.2, 0.25) is 0 Å². The van der Waals surface area contributed by atoms with Gasteiger partial charge in [0.15, 0.2) is 29.6 Å². The van der Waals surface area contributed by atoms with E-state index in [-0.39, 0.29) is 34.5 Å². The molecule has 3 aromatic rings. The number of nitrogens with one attached hydrogen (secondary N) is 1. The Labute approximate surface area is 258 Å². The van der Waals surface area contributed by atoms with Gasteiger partial charge in [-0.3, -0.25) is 28.5 Å². The molecule has 1 amide bonds. The van der Waals surface area contributed by atoms with Crippen molar-refractivity contribution in [3.8, 4) is 5.88 Å². The third kappa shape index (κ3) is 7.55. The molecule has 1 aliphatic heterocycles. The van der Waals surface area contributed by atoms with Gasteiger partial charge in [-0.15, -0.1) is 0 Å². The molecule has 1 aliphatic rings. The fourth-order valence-electron chi connectivity index (χ4n) is 4.46. The maximum atomic E-state index is 13.5. The summed E-state index contributed by atoms with van der Waals surface area (Å²) in [6.45, 7) is 6.26. The third-order valence-corrected chi connectivity index (χ3v) is 8.49.